The summed E-state index contributed by atoms with van der Waals surface area (Å²) in [6.45, 7) is 6.52. The molecule has 0 saturated carbocycles. The lowest BCUT2D eigenvalue weighted by molar-refractivity contribution is 0.431. The first kappa shape index (κ1) is 12.2. The van der Waals surface area contributed by atoms with E-state index >= 15 is 0 Å². The van der Waals surface area contributed by atoms with Crippen molar-refractivity contribution in [3.8, 4) is 0 Å². The van der Waals surface area contributed by atoms with Gasteiger partial charge in [0.05, 0.1) is 5.69 Å². The third kappa shape index (κ3) is 2.70. The van der Waals surface area contributed by atoms with Crippen LogP contribution in [0.4, 0.5) is 0 Å². The molecule has 0 fully saturated rings. The highest BCUT2D eigenvalue weighted by Gasteiger charge is 2.09. The third-order valence-corrected chi connectivity index (χ3v) is 3.71. The molecule has 0 aliphatic carbocycles. The normalized spacial score (nSPS) is 10.8. The molecule has 2 rings (SSSR count). The van der Waals surface area contributed by atoms with E-state index in [2.05, 4.69) is 24.0 Å². The minimum Gasteiger partial charge on any atom is -0.436 e. The van der Waals surface area contributed by atoms with Crippen LogP contribution in [0.15, 0.2) is 32.7 Å². The van der Waals surface area contributed by atoms with E-state index in [1.165, 1.54) is 5.56 Å². The van der Waals surface area contributed by atoms with Crippen molar-refractivity contribution in [1.82, 2.24) is 4.98 Å². The van der Waals surface area contributed by atoms with Gasteiger partial charge in [0.1, 0.15) is 5.76 Å². The Morgan fingerprint density at radius 1 is 1.29 bits per heavy atom. The maximum Gasteiger partial charge on any atom is 0.261 e. The van der Waals surface area contributed by atoms with Crippen molar-refractivity contribution < 1.29 is 4.42 Å². The van der Waals surface area contributed by atoms with Gasteiger partial charge >= 0.3 is 0 Å². The Bertz CT molecular complexity index is 515. The molecule has 0 saturated heterocycles. The number of aromatic nitrogens is 1. The van der Waals surface area contributed by atoms with Gasteiger partial charge < -0.3 is 10.2 Å². The molecule has 0 atom stereocenters. The Morgan fingerprint density at radius 3 is 2.59 bits per heavy atom. The first-order valence-corrected chi connectivity index (χ1v) is 6.33. The second-order valence-corrected chi connectivity index (χ2v) is 5.02. The Morgan fingerprint density at radius 2 is 2.06 bits per heavy atom. The molecular weight excluding hydrogens is 232 g/mol. The van der Waals surface area contributed by atoms with Crippen LogP contribution < -0.4 is 5.73 Å². The highest BCUT2D eigenvalue weighted by Crippen LogP contribution is 2.31. The van der Waals surface area contributed by atoms with Crippen molar-refractivity contribution in [2.45, 2.75) is 37.4 Å². The molecular formula is C13H16N2OS. The predicted molar refractivity (Wildman–Crippen MR) is 69.2 cm³/mol. The van der Waals surface area contributed by atoms with Crippen LogP contribution >= 0.6 is 11.8 Å². The maximum atomic E-state index is 5.61. The third-order valence-electron chi connectivity index (χ3n) is 2.68. The summed E-state index contributed by atoms with van der Waals surface area (Å²) in [4.78, 5) is 5.52. The van der Waals surface area contributed by atoms with Crippen molar-refractivity contribution in [2.24, 2.45) is 5.73 Å². The number of hydrogen-bond acceptors (Lipinski definition) is 4. The summed E-state index contributed by atoms with van der Waals surface area (Å²) in [5, 5.41) is 0.698. The fraction of sp³-hybridized carbons (Fsp3) is 0.308. The standard InChI is InChI=1S/C13H16N2OS/c1-8-6-11(7-14)4-5-12(8)17-13-15-9(2)10(3)16-13/h4-6H,7,14H2,1-3H3. The van der Waals surface area contributed by atoms with E-state index in [-0.39, 0.29) is 0 Å². The van der Waals surface area contributed by atoms with E-state index in [0.717, 1.165) is 21.9 Å². The van der Waals surface area contributed by atoms with E-state index in [1.54, 1.807) is 11.8 Å². The zero-order valence-corrected chi connectivity index (χ0v) is 11.1. The van der Waals surface area contributed by atoms with E-state index in [0.29, 0.717) is 11.8 Å². The molecule has 0 bridgehead atoms. The van der Waals surface area contributed by atoms with Crippen LogP contribution in [0.1, 0.15) is 22.6 Å². The summed E-state index contributed by atoms with van der Waals surface area (Å²) in [7, 11) is 0. The lowest BCUT2D eigenvalue weighted by Gasteiger charge is -2.04. The Hall–Kier alpha value is -1.26. The topological polar surface area (TPSA) is 52.0 Å². The van der Waals surface area contributed by atoms with Gasteiger partial charge in [-0.1, -0.05) is 12.1 Å². The summed E-state index contributed by atoms with van der Waals surface area (Å²) in [5.74, 6) is 0.878. The molecule has 4 heteroatoms. The molecule has 1 heterocycles. The van der Waals surface area contributed by atoms with Gasteiger partial charge in [0.15, 0.2) is 0 Å². The monoisotopic (exact) mass is 248 g/mol. The number of hydrogen-bond donors (Lipinski definition) is 1. The van der Waals surface area contributed by atoms with Gasteiger partial charge in [-0.25, -0.2) is 4.98 Å². The van der Waals surface area contributed by atoms with Gasteiger partial charge in [-0.05, 0) is 49.7 Å². The lowest BCUT2D eigenvalue weighted by atomic mass is 10.1. The highest BCUT2D eigenvalue weighted by molar-refractivity contribution is 7.99. The number of oxazole rings is 1. The van der Waals surface area contributed by atoms with Gasteiger partial charge in [0, 0.05) is 11.4 Å². The van der Waals surface area contributed by atoms with E-state index in [1.807, 2.05) is 19.9 Å². The molecule has 0 aliphatic rings. The van der Waals surface area contributed by atoms with Crippen LogP contribution in [0.2, 0.25) is 0 Å². The first-order chi connectivity index (χ1) is 8.10. The summed E-state index contributed by atoms with van der Waals surface area (Å²) in [6, 6.07) is 6.21. The number of benzene rings is 1. The van der Waals surface area contributed by atoms with Gasteiger partial charge in [-0.15, -0.1) is 0 Å². The van der Waals surface area contributed by atoms with Gasteiger partial charge in [0.25, 0.3) is 5.22 Å². The molecule has 0 radical (unpaired) electrons. The summed E-state index contributed by atoms with van der Waals surface area (Å²) in [6.07, 6.45) is 0. The quantitative estimate of drug-likeness (QED) is 0.906. The maximum absolute atomic E-state index is 5.61. The minimum atomic E-state index is 0.572. The van der Waals surface area contributed by atoms with Gasteiger partial charge in [-0.2, -0.15) is 0 Å². The van der Waals surface area contributed by atoms with Crippen LogP contribution in [0, 0.1) is 20.8 Å². The van der Waals surface area contributed by atoms with Crippen LogP contribution in [0.5, 0.6) is 0 Å². The molecule has 3 nitrogen and oxygen atoms in total. The largest absolute Gasteiger partial charge is 0.436 e. The van der Waals surface area contributed by atoms with Crippen molar-refractivity contribution in [3.63, 3.8) is 0 Å². The molecule has 2 N–H and O–H groups in total. The zero-order chi connectivity index (χ0) is 12.4. The Balaban J connectivity index is 2.24. The number of aryl methyl sites for hydroxylation is 3. The van der Waals surface area contributed by atoms with E-state index in [4.69, 9.17) is 10.2 Å². The molecule has 2 aromatic rings. The van der Waals surface area contributed by atoms with Crippen molar-refractivity contribution in [1.29, 1.82) is 0 Å². The van der Waals surface area contributed by atoms with Crippen LogP contribution in [0.3, 0.4) is 0 Å². The predicted octanol–water partition coefficient (Wildman–Crippen LogP) is 3.21. The highest BCUT2D eigenvalue weighted by atomic mass is 32.2. The van der Waals surface area contributed by atoms with Gasteiger partial charge in [0.2, 0.25) is 0 Å². The fourth-order valence-electron chi connectivity index (χ4n) is 1.53. The molecule has 0 aliphatic heterocycles. The minimum absolute atomic E-state index is 0.572. The fourth-order valence-corrected chi connectivity index (χ4v) is 2.43. The zero-order valence-electron chi connectivity index (χ0n) is 10.3. The van der Waals surface area contributed by atoms with Crippen LogP contribution in [0.25, 0.3) is 0 Å². The summed E-state index contributed by atoms with van der Waals surface area (Å²) in [5.41, 5.74) is 8.90. The smallest absolute Gasteiger partial charge is 0.261 e. The molecule has 17 heavy (non-hydrogen) atoms. The first-order valence-electron chi connectivity index (χ1n) is 5.51. The summed E-state index contributed by atoms with van der Waals surface area (Å²) >= 11 is 1.55. The molecule has 0 amide bonds. The Kier molecular flexibility index (Phi) is 3.54. The number of nitrogens with zero attached hydrogens (tertiary/aromatic N) is 1. The number of nitrogens with two attached hydrogens (primary N) is 1. The summed E-state index contributed by atoms with van der Waals surface area (Å²) < 4.78 is 5.56. The van der Waals surface area contributed by atoms with E-state index < -0.39 is 0 Å². The number of rotatable bonds is 3. The van der Waals surface area contributed by atoms with E-state index in [9.17, 15) is 0 Å². The second-order valence-electron chi connectivity index (χ2n) is 4.03. The van der Waals surface area contributed by atoms with Crippen molar-refractivity contribution >= 4 is 11.8 Å². The molecule has 0 spiro atoms. The van der Waals surface area contributed by atoms with Crippen LogP contribution in [-0.4, -0.2) is 4.98 Å². The molecule has 1 aromatic carbocycles. The average Bonchev–Trinajstić information content (AvgIpc) is 2.61. The molecule has 0 unspecified atom stereocenters. The second kappa shape index (κ2) is 4.94. The Labute approximate surface area is 105 Å². The van der Waals surface area contributed by atoms with Gasteiger partial charge in [-0.3, -0.25) is 0 Å². The average molecular weight is 248 g/mol. The lowest BCUT2D eigenvalue weighted by Crippen LogP contribution is -1.96. The van der Waals surface area contributed by atoms with Crippen molar-refractivity contribution in [2.75, 3.05) is 0 Å². The van der Waals surface area contributed by atoms with Crippen LogP contribution in [-0.2, 0) is 6.54 Å². The molecule has 90 valence electrons. The molecule has 1 aromatic heterocycles. The van der Waals surface area contributed by atoms with Crippen molar-refractivity contribution in [3.05, 3.63) is 40.8 Å². The SMILES string of the molecule is Cc1cc(CN)ccc1Sc1nc(C)c(C)o1.